The van der Waals surface area contributed by atoms with Crippen molar-refractivity contribution in [3.63, 3.8) is 0 Å². The van der Waals surface area contributed by atoms with E-state index in [-0.39, 0.29) is 5.56 Å². The van der Waals surface area contributed by atoms with Gasteiger partial charge in [0, 0.05) is 35.9 Å². The quantitative estimate of drug-likeness (QED) is 0.579. The third kappa shape index (κ3) is 4.03. The number of ether oxygens (including phenoxy) is 1. The van der Waals surface area contributed by atoms with E-state index in [0.717, 1.165) is 21.5 Å². The van der Waals surface area contributed by atoms with Crippen LogP contribution in [0.1, 0.15) is 18.3 Å². The summed E-state index contributed by atoms with van der Waals surface area (Å²) in [5, 5.41) is 4.89. The fraction of sp³-hybridized carbons (Fsp3) is 0.250. The molecule has 27 heavy (non-hydrogen) atoms. The Morgan fingerprint density at radius 1 is 1.26 bits per heavy atom. The van der Waals surface area contributed by atoms with Crippen LogP contribution in [0.25, 0.3) is 10.9 Å². The standard InChI is InChI=1S/C20H21BrN4O2/c1-5-27-19-11-16(24(3)4)8-6-14(19)12-22-25-13(2)23-18-9-7-15(21)10-17(18)20(25)26/h6-12H,5H2,1-4H3. The van der Waals surface area contributed by atoms with Gasteiger partial charge in [-0.3, -0.25) is 4.79 Å². The van der Waals surface area contributed by atoms with Gasteiger partial charge in [0.2, 0.25) is 0 Å². The number of anilines is 1. The van der Waals surface area contributed by atoms with Gasteiger partial charge in [-0.2, -0.15) is 9.78 Å². The van der Waals surface area contributed by atoms with Crippen molar-refractivity contribution in [1.82, 2.24) is 9.66 Å². The maximum absolute atomic E-state index is 12.8. The van der Waals surface area contributed by atoms with Crippen LogP contribution in [0.2, 0.25) is 0 Å². The second-order valence-corrected chi connectivity index (χ2v) is 7.15. The van der Waals surface area contributed by atoms with E-state index in [0.29, 0.717) is 23.3 Å². The van der Waals surface area contributed by atoms with E-state index in [2.05, 4.69) is 26.0 Å². The van der Waals surface area contributed by atoms with Crippen LogP contribution >= 0.6 is 15.9 Å². The Morgan fingerprint density at radius 3 is 2.74 bits per heavy atom. The number of nitrogens with zero attached hydrogens (tertiary/aromatic N) is 4. The Bertz CT molecular complexity index is 1070. The average molecular weight is 429 g/mol. The van der Waals surface area contributed by atoms with Gasteiger partial charge < -0.3 is 9.64 Å². The van der Waals surface area contributed by atoms with Gasteiger partial charge in [0.15, 0.2) is 0 Å². The topological polar surface area (TPSA) is 59.7 Å². The molecule has 0 saturated carbocycles. The first-order chi connectivity index (χ1) is 12.9. The van der Waals surface area contributed by atoms with Gasteiger partial charge in [-0.1, -0.05) is 15.9 Å². The van der Waals surface area contributed by atoms with E-state index in [4.69, 9.17) is 4.74 Å². The van der Waals surface area contributed by atoms with Gasteiger partial charge in [0.05, 0.1) is 23.7 Å². The molecule has 0 radical (unpaired) electrons. The SMILES string of the molecule is CCOc1cc(N(C)C)ccc1C=Nn1c(C)nc2ccc(Br)cc2c1=O. The summed E-state index contributed by atoms with van der Waals surface area (Å²) in [7, 11) is 3.95. The third-order valence-electron chi connectivity index (χ3n) is 4.10. The fourth-order valence-corrected chi connectivity index (χ4v) is 3.07. The van der Waals surface area contributed by atoms with Gasteiger partial charge in [-0.25, -0.2) is 4.98 Å². The van der Waals surface area contributed by atoms with Crippen LogP contribution < -0.4 is 15.2 Å². The Hall–Kier alpha value is -2.67. The number of hydrogen-bond acceptors (Lipinski definition) is 5. The zero-order valence-corrected chi connectivity index (χ0v) is 17.3. The summed E-state index contributed by atoms with van der Waals surface area (Å²) in [6, 6.07) is 11.3. The number of fused-ring (bicyclic) bond motifs is 1. The number of benzene rings is 2. The summed E-state index contributed by atoms with van der Waals surface area (Å²) in [4.78, 5) is 19.3. The second kappa shape index (κ2) is 7.92. The first-order valence-corrected chi connectivity index (χ1v) is 9.37. The van der Waals surface area contributed by atoms with Crippen molar-refractivity contribution in [3.8, 4) is 5.75 Å². The molecule has 3 aromatic rings. The maximum Gasteiger partial charge on any atom is 0.282 e. The summed E-state index contributed by atoms with van der Waals surface area (Å²) < 4.78 is 7.87. The van der Waals surface area contributed by atoms with Crippen molar-refractivity contribution < 1.29 is 4.74 Å². The lowest BCUT2D eigenvalue weighted by Crippen LogP contribution is -2.20. The molecule has 0 amide bonds. The Labute approximate surface area is 166 Å². The molecule has 0 aliphatic heterocycles. The molecule has 0 aliphatic rings. The minimum atomic E-state index is -0.210. The van der Waals surface area contributed by atoms with Gasteiger partial charge >= 0.3 is 0 Å². The van der Waals surface area contributed by atoms with E-state index in [1.807, 2.05) is 56.3 Å². The molecule has 0 aliphatic carbocycles. The summed E-state index contributed by atoms with van der Waals surface area (Å²) in [6.45, 7) is 4.24. The van der Waals surface area contributed by atoms with Crippen LogP contribution in [0.5, 0.6) is 5.75 Å². The van der Waals surface area contributed by atoms with Crippen LogP contribution in [0.15, 0.2) is 50.8 Å². The molecule has 0 spiro atoms. The number of aryl methyl sites for hydroxylation is 1. The predicted octanol–water partition coefficient (Wildman–Crippen LogP) is 3.81. The van der Waals surface area contributed by atoms with Crippen LogP contribution in [0.4, 0.5) is 5.69 Å². The van der Waals surface area contributed by atoms with Crippen molar-refractivity contribution in [2.75, 3.05) is 25.6 Å². The van der Waals surface area contributed by atoms with Crippen molar-refractivity contribution in [2.24, 2.45) is 5.10 Å². The first kappa shape index (κ1) is 19.1. The molecule has 0 N–H and O–H groups in total. The zero-order valence-electron chi connectivity index (χ0n) is 15.7. The summed E-state index contributed by atoms with van der Waals surface area (Å²) >= 11 is 3.40. The second-order valence-electron chi connectivity index (χ2n) is 6.23. The van der Waals surface area contributed by atoms with Gasteiger partial charge in [0.1, 0.15) is 11.6 Å². The molecule has 0 fully saturated rings. The molecule has 140 valence electrons. The molecule has 3 rings (SSSR count). The van der Waals surface area contributed by atoms with Crippen molar-refractivity contribution in [3.05, 3.63) is 62.6 Å². The van der Waals surface area contributed by atoms with Crippen molar-refractivity contribution >= 4 is 38.7 Å². The van der Waals surface area contributed by atoms with Crippen molar-refractivity contribution in [1.29, 1.82) is 0 Å². The molecule has 1 heterocycles. The molecule has 2 aromatic carbocycles. The summed E-state index contributed by atoms with van der Waals surface area (Å²) in [5.41, 5.74) is 2.26. The Kier molecular flexibility index (Phi) is 5.60. The molecule has 0 atom stereocenters. The Balaban J connectivity index is 2.07. The van der Waals surface area contributed by atoms with Gasteiger partial charge in [-0.05, 0) is 44.2 Å². The number of aromatic nitrogens is 2. The smallest absolute Gasteiger partial charge is 0.282 e. The molecule has 6 nitrogen and oxygen atoms in total. The predicted molar refractivity (Wildman–Crippen MR) is 113 cm³/mol. The molecule has 0 saturated heterocycles. The molecule has 7 heteroatoms. The minimum Gasteiger partial charge on any atom is -0.493 e. The highest BCUT2D eigenvalue weighted by Gasteiger charge is 2.09. The van der Waals surface area contributed by atoms with E-state index in [9.17, 15) is 4.79 Å². The number of rotatable bonds is 5. The first-order valence-electron chi connectivity index (χ1n) is 8.58. The zero-order chi connectivity index (χ0) is 19.6. The van der Waals surface area contributed by atoms with Gasteiger partial charge in [-0.15, -0.1) is 0 Å². The van der Waals surface area contributed by atoms with Crippen LogP contribution in [-0.2, 0) is 0 Å². The minimum absolute atomic E-state index is 0.210. The largest absolute Gasteiger partial charge is 0.493 e. The lowest BCUT2D eigenvalue weighted by Gasteiger charge is -2.15. The highest BCUT2D eigenvalue weighted by Crippen LogP contribution is 2.24. The molecular formula is C20H21BrN4O2. The maximum atomic E-state index is 12.8. The van der Waals surface area contributed by atoms with Crippen molar-refractivity contribution in [2.45, 2.75) is 13.8 Å². The van der Waals surface area contributed by atoms with Gasteiger partial charge in [0.25, 0.3) is 5.56 Å². The molecular weight excluding hydrogens is 408 g/mol. The highest BCUT2D eigenvalue weighted by atomic mass is 79.9. The lowest BCUT2D eigenvalue weighted by molar-refractivity contribution is 0.340. The fourth-order valence-electron chi connectivity index (χ4n) is 2.70. The monoisotopic (exact) mass is 428 g/mol. The van der Waals surface area contributed by atoms with Crippen LogP contribution in [0.3, 0.4) is 0 Å². The van der Waals surface area contributed by atoms with E-state index >= 15 is 0 Å². The van der Waals surface area contributed by atoms with E-state index in [1.165, 1.54) is 4.68 Å². The van der Waals surface area contributed by atoms with E-state index < -0.39 is 0 Å². The van der Waals surface area contributed by atoms with E-state index in [1.54, 1.807) is 19.2 Å². The molecule has 0 unspecified atom stereocenters. The molecule has 1 aromatic heterocycles. The number of hydrogen-bond donors (Lipinski definition) is 0. The summed E-state index contributed by atoms with van der Waals surface area (Å²) in [6.07, 6.45) is 1.63. The van der Waals surface area contributed by atoms with Crippen LogP contribution in [-0.4, -0.2) is 36.6 Å². The highest BCUT2D eigenvalue weighted by molar-refractivity contribution is 9.10. The lowest BCUT2D eigenvalue weighted by atomic mass is 10.2. The Morgan fingerprint density at radius 2 is 2.04 bits per heavy atom. The third-order valence-corrected chi connectivity index (χ3v) is 4.59. The summed E-state index contributed by atoms with van der Waals surface area (Å²) in [5.74, 6) is 1.24. The number of halogens is 1. The average Bonchev–Trinajstić information content (AvgIpc) is 2.63. The van der Waals surface area contributed by atoms with Crippen LogP contribution in [0, 0.1) is 6.92 Å². The molecule has 0 bridgehead atoms. The normalized spacial score (nSPS) is 11.3.